The number of fused-ring (bicyclic) bond motifs is 1. The predicted octanol–water partition coefficient (Wildman–Crippen LogP) is 5.96. The van der Waals surface area contributed by atoms with Crippen LogP contribution in [0.4, 0.5) is 10.2 Å². The number of halogens is 2. The molecule has 0 spiro atoms. The SMILES string of the molecule is COc1cc(-c2cccc(F)c2)c(Cl)cc1-c1nccc2cc(S(=O)(=O)Nc3cccnn3)ccc12. The van der Waals surface area contributed by atoms with E-state index in [2.05, 4.69) is 19.9 Å². The Labute approximate surface area is 211 Å². The molecule has 0 bridgehead atoms. The maximum atomic E-state index is 13.8. The fourth-order valence-electron chi connectivity index (χ4n) is 3.87. The van der Waals surface area contributed by atoms with Gasteiger partial charge in [-0.3, -0.25) is 9.71 Å². The second-order valence-corrected chi connectivity index (χ2v) is 9.89. The lowest BCUT2D eigenvalue weighted by molar-refractivity contribution is 0.416. The van der Waals surface area contributed by atoms with E-state index in [1.54, 1.807) is 54.7 Å². The molecule has 0 atom stereocenters. The molecule has 0 aliphatic carbocycles. The summed E-state index contributed by atoms with van der Waals surface area (Å²) in [5.74, 6) is 0.229. The Bertz CT molecular complexity index is 1700. The molecule has 5 rings (SSSR count). The number of sulfonamides is 1. The summed E-state index contributed by atoms with van der Waals surface area (Å²) in [6.07, 6.45) is 3.03. The Hall–Kier alpha value is -4.08. The summed E-state index contributed by atoms with van der Waals surface area (Å²) in [5.41, 5.74) is 2.39. The highest BCUT2D eigenvalue weighted by Gasteiger charge is 2.19. The van der Waals surface area contributed by atoms with Crippen LogP contribution in [0.3, 0.4) is 0 Å². The molecule has 0 unspecified atom stereocenters. The fraction of sp³-hybridized carbons (Fsp3) is 0.0385. The fourth-order valence-corrected chi connectivity index (χ4v) is 5.18. The molecule has 0 amide bonds. The number of hydrogen-bond acceptors (Lipinski definition) is 6. The Morgan fingerprint density at radius 1 is 0.944 bits per heavy atom. The van der Waals surface area contributed by atoms with Crippen LogP contribution in [0.5, 0.6) is 5.75 Å². The van der Waals surface area contributed by atoms with Crippen molar-refractivity contribution in [2.75, 3.05) is 11.8 Å². The zero-order chi connectivity index (χ0) is 25.3. The van der Waals surface area contributed by atoms with Crippen LogP contribution >= 0.6 is 11.6 Å². The van der Waals surface area contributed by atoms with Gasteiger partial charge in [-0.25, -0.2) is 12.8 Å². The quantitative estimate of drug-likeness (QED) is 0.297. The molecule has 0 aliphatic heterocycles. The lowest BCUT2D eigenvalue weighted by Crippen LogP contribution is -2.14. The normalized spacial score (nSPS) is 11.4. The van der Waals surface area contributed by atoms with Gasteiger partial charge in [-0.1, -0.05) is 29.8 Å². The Morgan fingerprint density at radius 2 is 1.81 bits per heavy atom. The van der Waals surface area contributed by atoms with Crippen LogP contribution in [0.15, 0.2) is 90.1 Å². The Balaban J connectivity index is 1.59. The molecule has 0 saturated heterocycles. The predicted molar refractivity (Wildman–Crippen MR) is 137 cm³/mol. The van der Waals surface area contributed by atoms with Gasteiger partial charge in [-0.05, 0) is 65.5 Å². The highest BCUT2D eigenvalue weighted by atomic mass is 35.5. The smallest absolute Gasteiger partial charge is 0.263 e. The van der Waals surface area contributed by atoms with Crippen molar-refractivity contribution in [2.45, 2.75) is 4.90 Å². The van der Waals surface area contributed by atoms with Crippen LogP contribution in [0.25, 0.3) is 33.2 Å². The molecule has 36 heavy (non-hydrogen) atoms. The summed E-state index contributed by atoms with van der Waals surface area (Å²) in [7, 11) is -2.37. The Kier molecular flexibility index (Phi) is 6.26. The number of anilines is 1. The topological polar surface area (TPSA) is 94.1 Å². The van der Waals surface area contributed by atoms with Crippen molar-refractivity contribution in [3.8, 4) is 28.1 Å². The zero-order valence-electron chi connectivity index (χ0n) is 18.8. The van der Waals surface area contributed by atoms with Gasteiger partial charge in [-0.2, -0.15) is 5.10 Å². The first kappa shape index (κ1) is 23.7. The van der Waals surface area contributed by atoms with E-state index < -0.39 is 10.0 Å². The average Bonchev–Trinajstić information content (AvgIpc) is 2.88. The summed E-state index contributed by atoms with van der Waals surface area (Å²) in [5, 5.41) is 9.19. The molecular weight excluding hydrogens is 503 g/mol. The molecule has 2 aromatic heterocycles. The molecule has 0 aliphatic rings. The zero-order valence-corrected chi connectivity index (χ0v) is 20.4. The second kappa shape index (κ2) is 9.52. The standard InChI is InChI=1S/C26H18ClFN4O3S/c1-35-24-15-21(16-4-2-5-18(28)12-16)23(27)14-22(24)26-20-8-7-19(13-17(20)9-11-29-26)36(33,34)32-25-6-3-10-30-31-25/h2-15H,1H3,(H,31,32). The van der Waals surface area contributed by atoms with E-state index in [1.165, 1.54) is 37.6 Å². The molecule has 1 N–H and O–H groups in total. The monoisotopic (exact) mass is 520 g/mol. The highest BCUT2D eigenvalue weighted by molar-refractivity contribution is 7.92. The van der Waals surface area contributed by atoms with Gasteiger partial charge >= 0.3 is 0 Å². The summed E-state index contributed by atoms with van der Waals surface area (Å²) < 4.78 is 47.6. The van der Waals surface area contributed by atoms with E-state index >= 15 is 0 Å². The summed E-state index contributed by atoms with van der Waals surface area (Å²) in [6.45, 7) is 0. The minimum absolute atomic E-state index is 0.0595. The van der Waals surface area contributed by atoms with E-state index in [4.69, 9.17) is 16.3 Å². The summed E-state index contributed by atoms with van der Waals surface area (Å²) >= 11 is 6.60. The van der Waals surface area contributed by atoms with E-state index in [-0.39, 0.29) is 16.5 Å². The highest BCUT2D eigenvalue weighted by Crippen LogP contribution is 2.41. The number of nitrogens with zero attached hydrogens (tertiary/aromatic N) is 3. The van der Waals surface area contributed by atoms with Gasteiger partial charge in [0, 0.05) is 33.9 Å². The molecule has 180 valence electrons. The van der Waals surface area contributed by atoms with Gasteiger partial charge in [0.25, 0.3) is 10.0 Å². The third-order valence-electron chi connectivity index (χ3n) is 5.54. The third-order valence-corrected chi connectivity index (χ3v) is 7.20. The van der Waals surface area contributed by atoms with Crippen LogP contribution in [-0.2, 0) is 10.0 Å². The molecule has 0 radical (unpaired) electrons. The van der Waals surface area contributed by atoms with Gasteiger partial charge in [0.15, 0.2) is 5.82 Å². The van der Waals surface area contributed by atoms with Gasteiger partial charge in [-0.15, -0.1) is 5.10 Å². The van der Waals surface area contributed by atoms with Gasteiger partial charge in [0.05, 0.1) is 17.7 Å². The van der Waals surface area contributed by atoms with E-state index in [9.17, 15) is 12.8 Å². The van der Waals surface area contributed by atoms with Crippen LogP contribution < -0.4 is 9.46 Å². The largest absolute Gasteiger partial charge is 0.496 e. The number of methoxy groups -OCH3 is 1. The van der Waals surface area contributed by atoms with Gasteiger partial charge in [0.2, 0.25) is 0 Å². The van der Waals surface area contributed by atoms with Crippen LogP contribution in [0.1, 0.15) is 0 Å². The van der Waals surface area contributed by atoms with Crippen LogP contribution in [-0.4, -0.2) is 30.7 Å². The molecule has 10 heteroatoms. The minimum atomic E-state index is -3.89. The van der Waals surface area contributed by atoms with Gasteiger partial charge < -0.3 is 4.74 Å². The van der Waals surface area contributed by atoms with Crippen molar-refractivity contribution in [3.05, 3.63) is 96.0 Å². The maximum absolute atomic E-state index is 13.8. The first-order valence-electron chi connectivity index (χ1n) is 10.7. The number of hydrogen-bond donors (Lipinski definition) is 1. The summed E-state index contributed by atoms with van der Waals surface area (Å²) in [4.78, 5) is 4.58. The van der Waals surface area contributed by atoms with Gasteiger partial charge in [0.1, 0.15) is 11.6 Å². The number of nitrogens with one attached hydrogen (secondary N) is 1. The second-order valence-electron chi connectivity index (χ2n) is 7.80. The lowest BCUT2D eigenvalue weighted by atomic mass is 9.98. The first-order chi connectivity index (χ1) is 17.4. The van der Waals surface area contributed by atoms with Crippen LogP contribution in [0, 0.1) is 5.82 Å². The molecule has 7 nitrogen and oxygen atoms in total. The molecule has 5 aromatic rings. The average molecular weight is 521 g/mol. The number of aromatic nitrogens is 3. The van der Waals surface area contributed by atoms with Crippen molar-refractivity contribution in [2.24, 2.45) is 0 Å². The molecule has 0 saturated carbocycles. The van der Waals surface area contributed by atoms with Crippen molar-refractivity contribution < 1.29 is 17.5 Å². The summed E-state index contributed by atoms with van der Waals surface area (Å²) in [6, 6.07) is 19.1. The van der Waals surface area contributed by atoms with Crippen molar-refractivity contribution in [3.63, 3.8) is 0 Å². The Morgan fingerprint density at radius 3 is 2.56 bits per heavy atom. The number of ether oxygens (including phenoxy) is 1. The molecule has 2 heterocycles. The maximum Gasteiger partial charge on any atom is 0.263 e. The number of rotatable bonds is 6. The molecule has 3 aromatic carbocycles. The van der Waals surface area contributed by atoms with Crippen molar-refractivity contribution in [1.82, 2.24) is 15.2 Å². The van der Waals surface area contributed by atoms with E-state index in [0.29, 0.717) is 43.9 Å². The van der Waals surface area contributed by atoms with E-state index in [1.807, 2.05) is 0 Å². The number of benzene rings is 3. The number of pyridine rings is 1. The third kappa shape index (κ3) is 4.58. The first-order valence-corrected chi connectivity index (χ1v) is 12.5. The lowest BCUT2D eigenvalue weighted by Gasteiger charge is -2.15. The van der Waals surface area contributed by atoms with Crippen LogP contribution in [0.2, 0.25) is 5.02 Å². The minimum Gasteiger partial charge on any atom is -0.496 e. The van der Waals surface area contributed by atoms with Crippen molar-refractivity contribution >= 4 is 38.2 Å². The molecular formula is C26H18ClFN4O3S. The van der Waals surface area contributed by atoms with E-state index in [0.717, 1.165) is 0 Å². The van der Waals surface area contributed by atoms with Crippen molar-refractivity contribution in [1.29, 1.82) is 0 Å². The molecule has 0 fully saturated rings.